The van der Waals surface area contributed by atoms with Crippen LogP contribution in [-0.4, -0.2) is 41.7 Å². The number of rotatable bonds is 7. The zero-order valence-electron chi connectivity index (χ0n) is 11.7. The molecule has 0 aliphatic rings. The van der Waals surface area contributed by atoms with E-state index in [1.807, 2.05) is 19.2 Å². The molecule has 0 aliphatic carbocycles. The van der Waals surface area contributed by atoms with Gasteiger partial charge < -0.3 is 10.4 Å². The summed E-state index contributed by atoms with van der Waals surface area (Å²) in [6, 6.07) is 8.48. The lowest BCUT2D eigenvalue weighted by molar-refractivity contribution is -0.135. The molecule has 0 saturated heterocycles. The van der Waals surface area contributed by atoms with Crippen LogP contribution in [0.3, 0.4) is 0 Å². The van der Waals surface area contributed by atoms with E-state index in [0.29, 0.717) is 5.69 Å². The van der Waals surface area contributed by atoms with E-state index < -0.39 is 5.97 Å². The van der Waals surface area contributed by atoms with Crippen molar-refractivity contribution in [2.75, 3.05) is 23.5 Å². The molecule has 6 heteroatoms. The number of benzene rings is 1. The number of nitrogens with zero attached hydrogens (tertiary/aromatic N) is 1. The molecule has 2 amide bonds. The van der Waals surface area contributed by atoms with Crippen LogP contribution in [0, 0.1) is 0 Å². The van der Waals surface area contributed by atoms with Gasteiger partial charge in [-0.25, -0.2) is 4.79 Å². The molecule has 5 nitrogen and oxygen atoms in total. The van der Waals surface area contributed by atoms with E-state index in [9.17, 15) is 9.59 Å². The second kappa shape index (κ2) is 8.47. The van der Waals surface area contributed by atoms with Gasteiger partial charge in [0.15, 0.2) is 0 Å². The minimum atomic E-state index is -1.04. The number of nitrogens with one attached hydrogen (secondary N) is 1. The van der Waals surface area contributed by atoms with Crippen LogP contribution in [0.25, 0.3) is 0 Å². The van der Waals surface area contributed by atoms with Gasteiger partial charge in [0.2, 0.25) is 0 Å². The summed E-state index contributed by atoms with van der Waals surface area (Å²) in [5.41, 5.74) is 0.575. The molecule has 1 unspecified atom stereocenters. The van der Waals surface area contributed by atoms with E-state index in [1.54, 1.807) is 36.0 Å². The summed E-state index contributed by atoms with van der Waals surface area (Å²) in [4.78, 5) is 24.4. The van der Waals surface area contributed by atoms with Crippen LogP contribution in [0.2, 0.25) is 0 Å². The molecule has 20 heavy (non-hydrogen) atoms. The first-order valence-electron chi connectivity index (χ1n) is 6.42. The number of para-hydroxylation sites is 1. The van der Waals surface area contributed by atoms with Crippen LogP contribution in [0.15, 0.2) is 30.3 Å². The van der Waals surface area contributed by atoms with Crippen molar-refractivity contribution >= 4 is 29.4 Å². The van der Waals surface area contributed by atoms with Gasteiger partial charge in [0.1, 0.15) is 6.54 Å². The first-order valence-corrected chi connectivity index (χ1v) is 7.81. The molecular weight excluding hydrogens is 276 g/mol. The van der Waals surface area contributed by atoms with E-state index in [-0.39, 0.29) is 18.6 Å². The average Bonchev–Trinajstić information content (AvgIpc) is 2.44. The Morgan fingerprint density at radius 2 is 2.00 bits per heavy atom. The molecule has 1 aromatic carbocycles. The first-order chi connectivity index (χ1) is 9.58. The molecule has 0 heterocycles. The number of anilines is 1. The quantitative estimate of drug-likeness (QED) is 0.811. The van der Waals surface area contributed by atoms with Gasteiger partial charge in [0.25, 0.3) is 0 Å². The smallest absolute Gasteiger partial charge is 0.323 e. The van der Waals surface area contributed by atoms with E-state index in [1.165, 1.54) is 4.90 Å². The summed E-state index contributed by atoms with van der Waals surface area (Å²) in [5, 5.41) is 11.8. The average molecular weight is 296 g/mol. The first kappa shape index (κ1) is 16.4. The Balaban J connectivity index is 2.82. The molecule has 1 aromatic rings. The van der Waals surface area contributed by atoms with Gasteiger partial charge in [-0.15, -0.1) is 0 Å². The number of hydrogen-bond donors (Lipinski definition) is 2. The number of carboxylic acids is 1. The van der Waals surface area contributed by atoms with Crippen LogP contribution in [0.4, 0.5) is 10.5 Å². The van der Waals surface area contributed by atoms with Crippen molar-refractivity contribution < 1.29 is 14.7 Å². The Bertz CT molecular complexity index is 439. The summed E-state index contributed by atoms with van der Waals surface area (Å²) in [7, 11) is 0. The van der Waals surface area contributed by atoms with Gasteiger partial charge in [0, 0.05) is 17.5 Å². The second-order valence-electron chi connectivity index (χ2n) is 4.33. The van der Waals surface area contributed by atoms with Gasteiger partial charge in [-0.2, -0.15) is 11.8 Å². The van der Waals surface area contributed by atoms with E-state index in [0.717, 1.165) is 12.2 Å². The Labute approximate surface area is 123 Å². The SMILES string of the molecule is CCC(CSC)NC(=O)N(CC(=O)O)c1ccccc1. The molecule has 1 rings (SSSR count). The molecule has 0 spiro atoms. The summed E-state index contributed by atoms with van der Waals surface area (Å²) in [6.45, 7) is 1.64. The van der Waals surface area contributed by atoms with Crippen LogP contribution >= 0.6 is 11.8 Å². The van der Waals surface area contributed by atoms with Crippen LogP contribution in [0.5, 0.6) is 0 Å². The fourth-order valence-corrected chi connectivity index (χ4v) is 2.46. The number of thioether (sulfide) groups is 1. The van der Waals surface area contributed by atoms with Gasteiger partial charge in [0.05, 0.1) is 0 Å². The Hall–Kier alpha value is -1.69. The molecule has 0 saturated carbocycles. The molecule has 0 radical (unpaired) electrons. The number of carbonyl (C=O) groups excluding carboxylic acids is 1. The minimum absolute atomic E-state index is 0.0394. The van der Waals surface area contributed by atoms with Gasteiger partial charge >= 0.3 is 12.0 Å². The molecular formula is C14H20N2O3S. The lowest BCUT2D eigenvalue weighted by Gasteiger charge is -2.24. The standard InChI is InChI=1S/C14H20N2O3S/c1-3-11(10-20-2)15-14(19)16(9-13(17)18)12-7-5-4-6-8-12/h4-8,11H,3,9-10H2,1-2H3,(H,15,19)(H,17,18). The number of amides is 2. The van der Waals surface area contributed by atoms with Gasteiger partial charge in [-0.05, 0) is 24.8 Å². The number of urea groups is 1. The maximum absolute atomic E-state index is 12.3. The molecule has 0 aliphatic heterocycles. The van der Waals surface area contributed by atoms with E-state index >= 15 is 0 Å². The maximum Gasteiger partial charge on any atom is 0.323 e. The molecule has 110 valence electrons. The predicted molar refractivity (Wildman–Crippen MR) is 82.4 cm³/mol. The van der Waals surface area contributed by atoms with Crippen LogP contribution < -0.4 is 10.2 Å². The van der Waals surface area contributed by atoms with Gasteiger partial charge in [-0.1, -0.05) is 25.1 Å². The number of hydrogen-bond acceptors (Lipinski definition) is 3. The second-order valence-corrected chi connectivity index (χ2v) is 5.24. The Morgan fingerprint density at radius 1 is 1.35 bits per heavy atom. The zero-order valence-corrected chi connectivity index (χ0v) is 12.5. The maximum atomic E-state index is 12.3. The Kier molecular flexibility index (Phi) is 6.93. The van der Waals surface area contributed by atoms with Crippen molar-refractivity contribution in [3.63, 3.8) is 0 Å². The zero-order chi connectivity index (χ0) is 15.0. The highest BCUT2D eigenvalue weighted by Gasteiger charge is 2.20. The number of carboxylic acid groups (broad SMARTS) is 1. The highest BCUT2D eigenvalue weighted by molar-refractivity contribution is 7.98. The van der Waals surface area contributed by atoms with Crippen molar-refractivity contribution in [3.8, 4) is 0 Å². The van der Waals surface area contributed by atoms with Gasteiger partial charge in [-0.3, -0.25) is 9.69 Å². The monoisotopic (exact) mass is 296 g/mol. The summed E-state index contributed by atoms with van der Waals surface area (Å²) < 4.78 is 0. The summed E-state index contributed by atoms with van der Waals surface area (Å²) in [5.74, 6) is -0.236. The largest absolute Gasteiger partial charge is 0.480 e. The highest BCUT2D eigenvalue weighted by Crippen LogP contribution is 2.14. The number of carbonyl (C=O) groups is 2. The van der Waals surface area contributed by atoms with Crippen molar-refractivity contribution in [1.29, 1.82) is 0 Å². The molecule has 2 N–H and O–H groups in total. The highest BCUT2D eigenvalue weighted by atomic mass is 32.2. The van der Waals surface area contributed by atoms with E-state index in [4.69, 9.17) is 5.11 Å². The van der Waals surface area contributed by atoms with Crippen molar-refractivity contribution in [1.82, 2.24) is 5.32 Å². The van der Waals surface area contributed by atoms with Crippen molar-refractivity contribution in [3.05, 3.63) is 30.3 Å². The fraction of sp³-hybridized carbons (Fsp3) is 0.429. The lowest BCUT2D eigenvalue weighted by Crippen LogP contribution is -2.47. The van der Waals surface area contributed by atoms with E-state index in [2.05, 4.69) is 5.32 Å². The predicted octanol–water partition coefficient (Wildman–Crippen LogP) is 2.43. The molecule has 0 aromatic heterocycles. The normalized spacial score (nSPS) is 11.7. The summed E-state index contributed by atoms with van der Waals surface area (Å²) >= 11 is 1.65. The molecule has 1 atom stereocenters. The molecule has 0 bridgehead atoms. The topological polar surface area (TPSA) is 69.6 Å². The lowest BCUT2D eigenvalue weighted by atomic mass is 10.2. The Morgan fingerprint density at radius 3 is 2.50 bits per heavy atom. The third-order valence-corrected chi connectivity index (χ3v) is 3.53. The van der Waals surface area contributed by atoms with Crippen molar-refractivity contribution in [2.45, 2.75) is 19.4 Å². The van der Waals surface area contributed by atoms with Crippen LogP contribution in [-0.2, 0) is 4.79 Å². The third kappa shape index (κ3) is 5.13. The van der Waals surface area contributed by atoms with Crippen molar-refractivity contribution in [2.24, 2.45) is 0 Å². The summed E-state index contributed by atoms with van der Waals surface area (Å²) in [6.07, 6.45) is 2.78. The molecule has 0 fully saturated rings. The minimum Gasteiger partial charge on any atom is -0.480 e. The fourth-order valence-electron chi connectivity index (χ4n) is 1.74. The number of aliphatic carboxylic acids is 1. The third-order valence-electron chi connectivity index (χ3n) is 2.79. The van der Waals surface area contributed by atoms with Crippen LogP contribution in [0.1, 0.15) is 13.3 Å².